The molecule has 0 aliphatic heterocycles. The molecule has 0 bridgehead atoms. The predicted octanol–water partition coefficient (Wildman–Crippen LogP) is 2.47. The van der Waals surface area contributed by atoms with E-state index in [0.717, 1.165) is 18.7 Å². The van der Waals surface area contributed by atoms with Crippen molar-refractivity contribution >= 4 is 13.7 Å². The van der Waals surface area contributed by atoms with Crippen LogP contribution in [-0.4, -0.2) is 41.1 Å². The topological polar surface area (TPSA) is 57.5 Å². The first-order valence-electron chi connectivity index (χ1n) is 6.30. The van der Waals surface area contributed by atoms with Crippen LogP contribution in [-0.2, 0) is 11.1 Å². The van der Waals surface area contributed by atoms with E-state index in [1.807, 2.05) is 18.2 Å². The van der Waals surface area contributed by atoms with E-state index in [9.17, 15) is 4.57 Å². The second-order valence-corrected chi connectivity index (χ2v) is 7.28. The normalized spacial score (nSPS) is 12.4. The molecule has 0 aromatic heterocycles. The van der Waals surface area contributed by atoms with Crippen LogP contribution in [0.2, 0.25) is 0 Å². The van der Waals surface area contributed by atoms with Crippen molar-refractivity contribution < 1.29 is 18.8 Å². The van der Waals surface area contributed by atoms with E-state index in [1.54, 1.807) is 0 Å². The summed E-state index contributed by atoms with van der Waals surface area (Å²) in [7, 11) is 0.275. The lowest BCUT2D eigenvalue weighted by molar-refractivity contribution is -0.903. The van der Waals surface area contributed by atoms with Crippen molar-refractivity contribution in [3.05, 3.63) is 42.0 Å². The van der Waals surface area contributed by atoms with Crippen LogP contribution in [0.4, 0.5) is 0 Å². The molecule has 0 amide bonds. The molecule has 0 aliphatic rings. The van der Waals surface area contributed by atoms with Gasteiger partial charge < -0.3 is 14.3 Å². The molecule has 1 aromatic carbocycles. The third-order valence-corrected chi connectivity index (χ3v) is 3.94. The Bertz CT molecular complexity index is 462. The van der Waals surface area contributed by atoms with E-state index in [1.165, 1.54) is 5.56 Å². The van der Waals surface area contributed by atoms with Gasteiger partial charge >= 0.3 is 7.60 Å². The van der Waals surface area contributed by atoms with Gasteiger partial charge in [0.25, 0.3) is 0 Å². The zero-order valence-corrected chi connectivity index (χ0v) is 12.5. The Balaban J connectivity index is 2.53. The summed E-state index contributed by atoms with van der Waals surface area (Å²) in [5.74, 6) is 0. The standard InChI is InChI=1S/C14H22NO3P/c1-4-13-6-8-14(9-7-13)12-15(2,3)10-5-11-19(16,17)18/h4,6-9H,1,5,10-12H2,2-3H3,(H-,16,17,18)/p+1. The van der Waals surface area contributed by atoms with E-state index < -0.39 is 7.60 Å². The molecule has 0 saturated carbocycles. The molecule has 19 heavy (non-hydrogen) atoms. The van der Waals surface area contributed by atoms with Crippen LogP contribution in [0, 0.1) is 0 Å². The fraction of sp³-hybridized carbons (Fsp3) is 0.429. The van der Waals surface area contributed by atoms with E-state index in [4.69, 9.17) is 9.79 Å². The van der Waals surface area contributed by atoms with Gasteiger partial charge in [-0.2, -0.15) is 0 Å². The second-order valence-electron chi connectivity index (χ2n) is 5.51. The minimum absolute atomic E-state index is 0.0376. The highest BCUT2D eigenvalue weighted by Crippen LogP contribution is 2.35. The number of benzene rings is 1. The number of hydrogen-bond donors (Lipinski definition) is 2. The minimum Gasteiger partial charge on any atom is -0.325 e. The lowest BCUT2D eigenvalue weighted by Crippen LogP contribution is -2.39. The molecule has 0 heterocycles. The van der Waals surface area contributed by atoms with Gasteiger partial charge in [-0.1, -0.05) is 36.9 Å². The number of quaternary nitrogens is 1. The fourth-order valence-electron chi connectivity index (χ4n) is 2.04. The first-order valence-corrected chi connectivity index (χ1v) is 8.10. The van der Waals surface area contributed by atoms with Crippen molar-refractivity contribution in [1.29, 1.82) is 0 Å². The summed E-state index contributed by atoms with van der Waals surface area (Å²) in [6, 6.07) is 8.19. The van der Waals surface area contributed by atoms with Crippen molar-refractivity contribution in [2.45, 2.75) is 13.0 Å². The highest BCUT2D eigenvalue weighted by atomic mass is 31.2. The molecular weight excluding hydrogens is 261 g/mol. The first-order chi connectivity index (χ1) is 8.72. The minimum atomic E-state index is -3.87. The highest BCUT2D eigenvalue weighted by molar-refractivity contribution is 7.51. The van der Waals surface area contributed by atoms with E-state index in [-0.39, 0.29) is 6.16 Å². The van der Waals surface area contributed by atoms with E-state index in [2.05, 4.69) is 32.8 Å². The second kappa shape index (κ2) is 6.49. The average molecular weight is 284 g/mol. The molecule has 0 radical (unpaired) electrons. The maximum Gasteiger partial charge on any atom is 0.325 e. The summed E-state index contributed by atoms with van der Waals surface area (Å²) >= 11 is 0. The van der Waals surface area contributed by atoms with Gasteiger partial charge in [0, 0.05) is 12.0 Å². The van der Waals surface area contributed by atoms with Crippen molar-refractivity contribution in [3.8, 4) is 0 Å². The Morgan fingerprint density at radius 3 is 2.32 bits per heavy atom. The van der Waals surface area contributed by atoms with Crippen LogP contribution in [0.1, 0.15) is 17.5 Å². The van der Waals surface area contributed by atoms with Crippen molar-refractivity contribution in [1.82, 2.24) is 0 Å². The van der Waals surface area contributed by atoms with Crippen LogP contribution >= 0.6 is 7.60 Å². The highest BCUT2D eigenvalue weighted by Gasteiger charge is 2.19. The van der Waals surface area contributed by atoms with Crippen molar-refractivity contribution in [3.63, 3.8) is 0 Å². The molecule has 0 atom stereocenters. The fourth-order valence-corrected chi connectivity index (χ4v) is 2.59. The third kappa shape index (κ3) is 6.69. The van der Waals surface area contributed by atoms with Crippen molar-refractivity contribution in [2.24, 2.45) is 0 Å². The van der Waals surface area contributed by atoms with Gasteiger partial charge in [-0.15, -0.1) is 0 Å². The van der Waals surface area contributed by atoms with Gasteiger partial charge in [0.2, 0.25) is 0 Å². The Morgan fingerprint density at radius 2 is 1.84 bits per heavy atom. The molecule has 4 nitrogen and oxygen atoms in total. The smallest absolute Gasteiger partial charge is 0.325 e. The summed E-state index contributed by atoms with van der Waals surface area (Å²) in [6.45, 7) is 5.31. The predicted molar refractivity (Wildman–Crippen MR) is 78.7 cm³/mol. The molecule has 1 rings (SSSR count). The molecule has 0 saturated heterocycles. The SMILES string of the molecule is C=Cc1ccc(C[N+](C)(C)CCCP(=O)(O)O)cc1. The number of hydrogen-bond acceptors (Lipinski definition) is 1. The quantitative estimate of drug-likeness (QED) is 0.597. The Hall–Kier alpha value is -0.930. The molecule has 5 heteroatoms. The van der Waals surface area contributed by atoms with Gasteiger partial charge in [-0.25, -0.2) is 0 Å². The van der Waals surface area contributed by atoms with Gasteiger partial charge in [-0.3, -0.25) is 4.57 Å². The zero-order valence-electron chi connectivity index (χ0n) is 11.6. The molecule has 106 valence electrons. The van der Waals surface area contributed by atoms with Crippen molar-refractivity contribution in [2.75, 3.05) is 26.8 Å². The molecule has 0 unspecified atom stereocenters. The Morgan fingerprint density at radius 1 is 1.26 bits per heavy atom. The first kappa shape index (κ1) is 16.1. The van der Waals surface area contributed by atoms with Crippen LogP contribution in [0.5, 0.6) is 0 Å². The Kier molecular flexibility index (Phi) is 5.50. The maximum atomic E-state index is 10.8. The molecule has 1 aromatic rings. The molecule has 2 N–H and O–H groups in total. The molecule has 0 fully saturated rings. The lowest BCUT2D eigenvalue weighted by Gasteiger charge is -2.30. The summed E-state index contributed by atoms with van der Waals surface area (Å²) in [5, 5.41) is 0. The molecule has 0 spiro atoms. The molecular formula is C14H23NO3P+. The Labute approximate surface area is 115 Å². The zero-order chi connectivity index (χ0) is 14.5. The summed E-state index contributed by atoms with van der Waals surface area (Å²) in [6.07, 6.45) is 2.30. The van der Waals surface area contributed by atoms with Crippen LogP contribution in [0.15, 0.2) is 30.8 Å². The van der Waals surface area contributed by atoms with Gasteiger partial charge in [0.15, 0.2) is 0 Å². The summed E-state index contributed by atoms with van der Waals surface area (Å²) < 4.78 is 11.5. The maximum absolute atomic E-state index is 10.8. The average Bonchev–Trinajstić information content (AvgIpc) is 2.27. The number of nitrogens with zero attached hydrogens (tertiary/aromatic N) is 1. The van der Waals surface area contributed by atoms with Crippen LogP contribution in [0.3, 0.4) is 0 Å². The van der Waals surface area contributed by atoms with Gasteiger partial charge in [0.1, 0.15) is 6.54 Å². The van der Waals surface area contributed by atoms with Gasteiger partial charge in [0.05, 0.1) is 26.8 Å². The summed E-state index contributed by atoms with van der Waals surface area (Å²) in [4.78, 5) is 17.7. The third-order valence-electron chi connectivity index (χ3n) is 3.04. The molecule has 0 aliphatic carbocycles. The van der Waals surface area contributed by atoms with Crippen LogP contribution in [0.25, 0.3) is 6.08 Å². The monoisotopic (exact) mass is 284 g/mol. The van der Waals surface area contributed by atoms with E-state index in [0.29, 0.717) is 10.9 Å². The lowest BCUT2D eigenvalue weighted by atomic mass is 10.1. The van der Waals surface area contributed by atoms with Gasteiger partial charge in [-0.05, 0) is 5.56 Å². The summed E-state index contributed by atoms with van der Waals surface area (Å²) in [5.41, 5.74) is 2.31. The van der Waals surface area contributed by atoms with E-state index >= 15 is 0 Å². The van der Waals surface area contributed by atoms with Crippen LogP contribution < -0.4 is 0 Å². The largest absolute Gasteiger partial charge is 0.325 e. The number of rotatable bonds is 7.